The predicted molar refractivity (Wildman–Crippen MR) is 96.0 cm³/mol. The van der Waals surface area contributed by atoms with Gasteiger partial charge in [-0.1, -0.05) is 11.6 Å². The maximum absolute atomic E-state index is 12.7. The van der Waals surface area contributed by atoms with Gasteiger partial charge in [-0.15, -0.1) is 0 Å². The third kappa shape index (κ3) is 2.42. The van der Waals surface area contributed by atoms with E-state index in [2.05, 4.69) is 4.90 Å². The Bertz CT molecular complexity index is 828. The molecule has 0 N–H and O–H groups in total. The van der Waals surface area contributed by atoms with Gasteiger partial charge in [0.2, 0.25) is 0 Å². The first kappa shape index (κ1) is 15.6. The highest BCUT2D eigenvalue weighted by atomic mass is 35.5. The van der Waals surface area contributed by atoms with Gasteiger partial charge in [-0.2, -0.15) is 0 Å². The van der Waals surface area contributed by atoms with Gasteiger partial charge in [0.25, 0.3) is 5.91 Å². The number of hydrogen-bond donors (Lipinski definition) is 0. The summed E-state index contributed by atoms with van der Waals surface area (Å²) in [6.45, 7) is 1.87. The van der Waals surface area contributed by atoms with Crippen molar-refractivity contribution in [2.45, 2.75) is 32.1 Å². The standard InChI is InChI=1S/C18H21ClN4O/c1-22(2)18(24)13-10-12-15(19)11-6-5-7-14(11)20-16(12)21-17(13)23-8-3-4-9-23/h10H,3-9H2,1-2H3. The van der Waals surface area contributed by atoms with Crippen LogP contribution in [-0.2, 0) is 12.8 Å². The molecule has 0 spiro atoms. The topological polar surface area (TPSA) is 49.3 Å². The number of halogens is 1. The average Bonchev–Trinajstić information content (AvgIpc) is 3.24. The normalized spacial score (nSPS) is 16.7. The Kier molecular flexibility index (Phi) is 3.83. The Hall–Kier alpha value is -1.88. The first-order chi connectivity index (χ1) is 11.6. The fraction of sp³-hybridized carbons (Fsp3) is 0.500. The van der Waals surface area contributed by atoms with Crippen molar-refractivity contribution < 1.29 is 4.79 Å². The van der Waals surface area contributed by atoms with Crippen LogP contribution in [-0.4, -0.2) is 48.0 Å². The zero-order valence-corrected chi connectivity index (χ0v) is 14.9. The molecule has 0 bridgehead atoms. The van der Waals surface area contributed by atoms with Crippen molar-refractivity contribution in [3.05, 3.63) is 27.9 Å². The average molecular weight is 345 g/mol. The zero-order valence-electron chi connectivity index (χ0n) is 14.1. The smallest absolute Gasteiger partial charge is 0.257 e. The maximum atomic E-state index is 12.7. The van der Waals surface area contributed by atoms with Gasteiger partial charge in [-0.05, 0) is 43.7 Å². The second kappa shape index (κ2) is 5.88. The molecule has 0 radical (unpaired) electrons. The van der Waals surface area contributed by atoms with Crippen LogP contribution in [0.3, 0.4) is 0 Å². The lowest BCUT2D eigenvalue weighted by atomic mass is 10.1. The van der Waals surface area contributed by atoms with Gasteiger partial charge in [-0.3, -0.25) is 4.79 Å². The Balaban J connectivity index is 1.96. The van der Waals surface area contributed by atoms with E-state index in [1.54, 1.807) is 19.0 Å². The Labute approximate surface area is 146 Å². The lowest BCUT2D eigenvalue weighted by molar-refractivity contribution is 0.0828. The lowest BCUT2D eigenvalue weighted by Crippen LogP contribution is -2.27. The first-order valence-electron chi connectivity index (χ1n) is 8.55. The van der Waals surface area contributed by atoms with Gasteiger partial charge in [0.05, 0.1) is 10.6 Å². The van der Waals surface area contributed by atoms with Gasteiger partial charge in [0.1, 0.15) is 5.82 Å². The Morgan fingerprint density at radius 3 is 2.62 bits per heavy atom. The van der Waals surface area contributed by atoms with E-state index < -0.39 is 0 Å². The molecule has 1 fully saturated rings. The van der Waals surface area contributed by atoms with Crippen molar-refractivity contribution in [1.82, 2.24) is 14.9 Å². The van der Waals surface area contributed by atoms with Crippen molar-refractivity contribution in [3.63, 3.8) is 0 Å². The molecule has 1 aliphatic heterocycles. The molecule has 0 unspecified atom stereocenters. The van der Waals surface area contributed by atoms with Crippen molar-refractivity contribution >= 4 is 34.4 Å². The van der Waals surface area contributed by atoms with Gasteiger partial charge in [0.15, 0.2) is 5.65 Å². The van der Waals surface area contributed by atoms with E-state index in [1.165, 1.54) is 0 Å². The number of aromatic nitrogens is 2. The molecule has 1 aliphatic carbocycles. The van der Waals surface area contributed by atoms with Crippen LogP contribution in [0.25, 0.3) is 11.0 Å². The molecule has 0 saturated carbocycles. The molecule has 2 aliphatic rings. The van der Waals surface area contributed by atoms with E-state index in [-0.39, 0.29) is 5.91 Å². The van der Waals surface area contributed by atoms with Crippen LogP contribution in [0.2, 0.25) is 5.02 Å². The summed E-state index contributed by atoms with van der Waals surface area (Å²) in [5.74, 6) is 0.711. The maximum Gasteiger partial charge on any atom is 0.257 e. The van der Waals surface area contributed by atoms with Crippen LogP contribution in [0.5, 0.6) is 0 Å². The molecule has 24 heavy (non-hydrogen) atoms. The van der Waals surface area contributed by atoms with Crippen molar-refractivity contribution in [3.8, 4) is 0 Å². The SMILES string of the molecule is CN(C)C(=O)c1cc2c(Cl)c3c(nc2nc1N1CCCC1)CCC3. The number of nitrogens with zero attached hydrogens (tertiary/aromatic N) is 4. The molecule has 0 atom stereocenters. The van der Waals surface area contributed by atoms with E-state index in [0.29, 0.717) is 11.2 Å². The van der Waals surface area contributed by atoms with Crippen molar-refractivity contribution in [2.75, 3.05) is 32.1 Å². The second-order valence-electron chi connectivity index (χ2n) is 6.83. The number of aryl methyl sites for hydroxylation is 1. The first-order valence-corrected chi connectivity index (χ1v) is 8.92. The Morgan fingerprint density at radius 1 is 1.17 bits per heavy atom. The monoisotopic (exact) mass is 344 g/mol. The highest BCUT2D eigenvalue weighted by Gasteiger charge is 2.26. The van der Waals surface area contributed by atoms with Gasteiger partial charge >= 0.3 is 0 Å². The highest BCUT2D eigenvalue weighted by molar-refractivity contribution is 6.36. The van der Waals surface area contributed by atoms with E-state index in [9.17, 15) is 4.79 Å². The van der Waals surface area contributed by atoms with E-state index in [4.69, 9.17) is 21.6 Å². The van der Waals surface area contributed by atoms with Crippen LogP contribution in [0.1, 0.15) is 40.9 Å². The summed E-state index contributed by atoms with van der Waals surface area (Å²) in [6.07, 6.45) is 5.27. The molecule has 2 aromatic heterocycles. The largest absolute Gasteiger partial charge is 0.356 e. The second-order valence-corrected chi connectivity index (χ2v) is 7.21. The lowest BCUT2D eigenvalue weighted by Gasteiger charge is -2.22. The summed E-state index contributed by atoms with van der Waals surface area (Å²) in [7, 11) is 3.53. The number of fused-ring (bicyclic) bond motifs is 2. The van der Waals surface area contributed by atoms with Crippen molar-refractivity contribution in [1.29, 1.82) is 0 Å². The van der Waals surface area contributed by atoms with Crippen LogP contribution in [0.15, 0.2) is 6.07 Å². The summed E-state index contributed by atoms with van der Waals surface area (Å²) >= 11 is 6.64. The number of amides is 1. The minimum Gasteiger partial charge on any atom is -0.356 e. The summed E-state index contributed by atoms with van der Waals surface area (Å²) in [6, 6.07) is 1.90. The fourth-order valence-electron chi connectivity index (χ4n) is 3.69. The molecular weight excluding hydrogens is 324 g/mol. The number of hydrogen-bond acceptors (Lipinski definition) is 4. The van der Waals surface area contributed by atoms with Crippen LogP contribution in [0.4, 0.5) is 5.82 Å². The summed E-state index contributed by atoms with van der Waals surface area (Å²) < 4.78 is 0. The number of carbonyl (C=O) groups excluding carboxylic acids is 1. The van der Waals surface area contributed by atoms with Gasteiger partial charge in [0, 0.05) is 38.3 Å². The number of anilines is 1. The summed E-state index contributed by atoms with van der Waals surface area (Å²) in [4.78, 5) is 26.0. The quantitative estimate of drug-likeness (QED) is 0.840. The molecular formula is C18H21ClN4O. The fourth-order valence-corrected chi connectivity index (χ4v) is 4.03. The van der Waals surface area contributed by atoms with E-state index in [0.717, 1.165) is 72.7 Å². The number of carbonyl (C=O) groups is 1. The minimum atomic E-state index is -0.0390. The van der Waals surface area contributed by atoms with Gasteiger partial charge in [-0.25, -0.2) is 9.97 Å². The summed E-state index contributed by atoms with van der Waals surface area (Å²) in [5.41, 5.74) is 3.48. The molecule has 4 rings (SSSR count). The van der Waals surface area contributed by atoms with Crippen LogP contribution < -0.4 is 4.90 Å². The molecule has 5 nitrogen and oxygen atoms in total. The van der Waals surface area contributed by atoms with Gasteiger partial charge < -0.3 is 9.80 Å². The minimum absolute atomic E-state index is 0.0390. The molecule has 1 amide bonds. The van der Waals surface area contributed by atoms with Crippen LogP contribution >= 0.6 is 11.6 Å². The highest BCUT2D eigenvalue weighted by Crippen LogP contribution is 2.35. The number of rotatable bonds is 2. The molecule has 6 heteroatoms. The molecule has 1 saturated heterocycles. The third-order valence-electron chi connectivity index (χ3n) is 4.96. The molecule has 0 aromatic carbocycles. The molecule has 3 heterocycles. The molecule has 126 valence electrons. The van der Waals surface area contributed by atoms with Crippen molar-refractivity contribution in [2.24, 2.45) is 0 Å². The van der Waals surface area contributed by atoms with Crippen LogP contribution in [0, 0.1) is 0 Å². The zero-order chi connectivity index (χ0) is 16.8. The molecule has 2 aromatic rings. The summed E-state index contributed by atoms with van der Waals surface area (Å²) in [5, 5.41) is 1.52. The van der Waals surface area contributed by atoms with E-state index >= 15 is 0 Å². The Morgan fingerprint density at radius 2 is 1.92 bits per heavy atom. The third-order valence-corrected chi connectivity index (χ3v) is 5.39. The van der Waals surface area contributed by atoms with E-state index in [1.807, 2.05) is 6.07 Å². The predicted octanol–water partition coefficient (Wildman–Crippen LogP) is 3.07. The number of pyridine rings is 2.